The van der Waals surface area contributed by atoms with Crippen molar-refractivity contribution < 1.29 is 9.72 Å². The third kappa shape index (κ3) is 3.00. The molecule has 1 amide bonds. The van der Waals surface area contributed by atoms with Crippen LogP contribution in [0.25, 0.3) is 4.96 Å². The summed E-state index contributed by atoms with van der Waals surface area (Å²) in [6.45, 7) is 4.96. The van der Waals surface area contributed by atoms with Crippen molar-refractivity contribution in [2.45, 2.75) is 32.7 Å². The molecule has 0 spiro atoms. The van der Waals surface area contributed by atoms with Crippen LogP contribution in [0, 0.1) is 16.0 Å². The van der Waals surface area contributed by atoms with E-state index in [-0.39, 0.29) is 23.7 Å². The molecule has 23 heavy (non-hydrogen) atoms. The number of nitro groups is 1. The minimum atomic E-state index is -0.391. The molecule has 1 saturated heterocycles. The third-order valence-electron chi connectivity index (χ3n) is 3.98. The molecule has 3 rings (SSSR count). The average Bonchev–Trinajstić information content (AvgIpc) is 3.07. The second-order valence-corrected chi connectivity index (χ2v) is 6.89. The molecule has 8 nitrogen and oxygen atoms in total. The highest BCUT2D eigenvalue weighted by Crippen LogP contribution is 2.32. The van der Waals surface area contributed by atoms with Gasteiger partial charge in [0.2, 0.25) is 11.7 Å². The van der Waals surface area contributed by atoms with Gasteiger partial charge < -0.3 is 20.3 Å². The highest BCUT2D eigenvalue weighted by atomic mass is 32.1. The first-order valence-corrected chi connectivity index (χ1v) is 8.50. The molecule has 0 aliphatic carbocycles. The maximum atomic E-state index is 11.9. The molecular weight excluding hydrogens is 318 g/mol. The van der Waals surface area contributed by atoms with Crippen LogP contribution in [-0.2, 0) is 4.79 Å². The van der Waals surface area contributed by atoms with Gasteiger partial charge in [-0.25, -0.2) is 0 Å². The van der Waals surface area contributed by atoms with Crippen LogP contribution in [0.1, 0.15) is 26.7 Å². The third-order valence-corrected chi connectivity index (χ3v) is 4.74. The molecule has 9 heteroatoms. The van der Waals surface area contributed by atoms with Gasteiger partial charge in [0, 0.05) is 30.4 Å². The van der Waals surface area contributed by atoms with Crippen molar-refractivity contribution in [3.63, 3.8) is 0 Å². The predicted molar refractivity (Wildman–Crippen MR) is 87.9 cm³/mol. The van der Waals surface area contributed by atoms with Crippen molar-refractivity contribution in [1.82, 2.24) is 14.7 Å². The molecular formula is C14H19N5O3S. The number of nitrogens with zero attached hydrogens (tertiary/aromatic N) is 4. The van der Waals surface area contributed by atoms with E-state index in [2.05, 4.69) is 10.3 Å². The molecule has 2 aromatic heterocycles. The molecule has 0 saturated carbocycles. The normalized spacial score (nSPS) is 18.6. The van der Waals surface area contributed by atoms with Crippen molar-refractivity contribution in [3.05, 3.63) is 21.7 Å². The molecule has 2 aromatic rings. The van der Waals surface area contributed by atoms with Gasteiger partial charge in [0.1, 0.15) is 6.20 Å². The van der Waals surface area contributed by atoms with Gasteiger partial charge in [-0.3, -0.25) is 4.79 Å². The molecule has 0 aromatic carbocycles. The van der Waals surface area contributed by atoms with Gasteiger partial charge in [-0.2, -0.15) is 9.38 Å². The lowest BCUT2D eigenvalue weighted by molar-refractivity contribution is -0.389. The predicted octanol–water partition coefficient (Wildman–Crippen LogP) is 2.04. The number of rotatable bonds is 4. The number of imidazole rings is 1. The Kier molecular flexibility index (Phi) is 4.20. The highest BCUT2D eigenvalue weighted by Gasteiger charge is 2.31. The standard InChI is InChI=1S/C14H19N5O3S/c1-9(2)12(20)15-10-4-3-5-17(8-10)11-13(19(21)22)18-6-7-23-14(18)16-11/h6-7,9-10H,3-5,8H2,1-2H3,(H,15,20). The van der Waals surface area contributed by atoms with Gasteiger partial charge >= 0.3 is 5.82 Å². The number of carbonyl (C=O) groups is 1. The summed E-state index contributed by atoms with van der Waals surface area (Å²) >= 11 is 1.37. The fourth-order valence-electron chi connectivity index (χ4n) is 2.80. The lowest BCUT2D eigenvalue weighted by atomic mass is 10.0. The first kappa shape index (κ1) is 15.7. The van der Waals surface area contributed by atoms with E-state index in [1.807, 2.05) is 18.7 Å². The number of carbonyl (C=O) groups excluding carboxylic acids is 1. The zero-order valence-electron chi connectivity index (χ0n) is 13.1. The summed E-state index contributed by atoms with van der Waals surface area (Å²) in [6, 6.07) is -0.00186. The first-order valence-electron chi connectivity index (χ1n) is 7.62. The van der Waals surface area contributed by atoms with E-state index in [9.17, 15) is 14.9 Å². The smallest absolute Gasteiger partial charge is 0.358 e. The number of piperidine rings is 1. The fourth-order valence-corrected chi connectivity index (χ4v) is 3.50. The van der Waals surface area contributed by atoms with Gasteiger partial charge in [-0.1, -0.05) is 25.2 Å². The van der Waals surface area contributed by atoms with E-state index >= 15 is 0 Å². The van der Waals surface area contributed by atoms with Gasteiger partial charge in [-0.05, 0) is 17.8 Å². The Hall–Kier alpha value is -2.16. The lowest BCUT2D eigenvalue weighted by Gasteiger charge is -2.33. The number of anilines is 1. The molecule has 1 atom stereocenters. The molecule has 1 fully saturated rings. The summed E-state index contributed by atoms with van der Waals surface area (Å²) in [7, 11) is 0. The number of fused-ring (bicyclic) bond motifs is 1. The molecule has 1 N–H and O–H groups in total. The van der Waals surface area contributed by atoms with Gasteiger partial charge in [0.15, 0.2) is 0 Å². The van der Waals surface area contributed by atoms with Crippen molar-refractivity contribution in [3.8, 4) is 0 Å². The monoisotopic (exact) mass is 337 g/mol. The molecule has 1 aliphatic rings. The van der Waals surface area contributed by atoms with Crippen LogP contribution < -0.4 is 10.2 Å². The second-order valence-electron chi connectivity index (χ2n) is 6.02. The largest absolute Gasteiger partial charge is 0.373 e. The molecule has 1 aliphatic heterocycles. The number of nitrogens with one attached hydrogen (secondary N) is 1. The fraction of sp³-hybridized carbons (Fsp3) is 0.571. The Morgan fingerprint density at radius 2 is 2.35 bits per heavy atom. The summed E-state index contributed by atoms with van der Waals surface area (Å²) in [5.74, 6) is 0.331. The molecule has 1 unspecified atom stereocenters. The Morgan fingerprint density at radius 1 is 1.57 bits per heavy atom. The Bertz CT molecular complexity index is 738. The van der Waals surface area contributed by atoms with Crippen molar-refractivity contribution >= 4 is 33.8 Å². The molecule has 0 radical (unpaired) electrons. The van der Waals surface area contributed by atoms with Crippen LogP contribution >= 0.6 is 11.3 Å². The van der Waals surface area contributed by atoms with E-state index in [4.69, 9.17) is 0 Å². The molecule has 0 bridgehead atoms. The SMILES string of the molecule is CC(C)C(=O)NC1CCCN(c2nc3sccn3c2[N+](=O)[O-])C1. The van der Waals surface area contributed by atoms with E-state index in [1.165, 1.54) is 15.7 Å². The Labute approximate surface area is 137 Å². The van der Waals surface area contributed by atoms with Crippen LogP contribution in [0.5, 0.6) is 0 Å². The summed E-state index contributed by atoms with van der Waals surface area (Å²) in [5.41, 5.74) is 0. The quantitative estimate of drug-likeness (QED) is 0.681. The lowest BCUT2D eigenvalue weighted by Crippen LogP contribution is -2.49. The minimum Gasteiger partial charge on any atom is -0.358 e. The van der Waals surface area contributed by atoms with E-state index in [1.54, 1.807) is 11.6 Å². The Balaban J connectivity index is 1.84. The summed E-state index contributed by atoms with van der Waals surface area (Å²) < 4.78 is 1.51. The summed E-state index contributed by atoms with van der Waals surface area (Å²) in [5, 5.41) is 16.2. The zero-order chi connectivity index (χ0) is 16.6. The maximum absolute atomic E-state index is 11.9. The number of thiazole rings is 1. The number of aromatic nitrogens is 2. The number of hydrogen-bond donors (Lipinski definition) is 1. The molecule has 3 heterocycles. The van der Waals surface area contributed by atoms with E-state index in [0.717, 1.165) is 12.8 Å². The summed E-state index contributed by atoms with van der Waals surface area (Å²) in [6.07, 6.45) is 3.41. The van der Waals surface area contributed by atoms with Crippen LogP contribution in [0.15, 0.2) is 11.6 Å². The topological polar surface area (TPSA) is 92.8 Å². The van der Waals surface area contributed by atoms with Crippen molar-refractivity contribution in [1.29, 1.82) is 0 Å². The van der Waals surface area contributed by atoms with E-state index in [0.29, 0.717) is 23.9 Å². The molecule has 124 valence electrons. The van der Waals surface area contributed by atoms with Crippen LogP contribution in [0.4, 0.5) is 11.6 Å². The van der Waals surface area contributed by atoms with Crippen LogP contribution in [-0.4, -0.2) is 39.3 Å². The number of amides is 1. The zero-order valence-corrected chi connectivity index (χ0v) is 13.9. The minimum absolute atomic E-state index is 0.00186. The van der Waals surface area contributed by atoms with Gasteiger partial charge in [-0.15, -0.1) is 0 Å². The van der Waals surface area contributed by atoms with Crippen LogP contribution in [0.3, 0.4) is 0 Å². The first-order chi connectivity index (χ1) is 11.0. The summed E-state index contributed by atoms with van der Waals surface area (Å²) in [4.78, 5) is 29.9. The Morgan fingerprint density at radius 3 is 3.04 bits per heavy atom. The maximum Gasteiger partial charge on any atom is 0.373 e. The van der Waals surface area contributed by atoms with Gasteiger partial charge in [0.05, 0.1) is 0 Å². The highest BCUT2D eigenvalue weighted by molar-refractivity contribution is 7.15. The number of hydrogen-bond acceptors (Lipinski definition) is 6. The van der Waals surface area contributed by atoms with Crippen LogP contribution in [0.2, 0.25) is 0 Å². The van der Waals surface area contributed by atoms with Gasteiger partial charge in [0.25, 0.3) is 4.96 Å². The average molecular weight is 337 g/mol. The van der Waals surface area contributed by atoms with Crippen molar-refractivity contribution in [2.75, 3.05) is 18.0 Å². The second kappa shape index (κ2) is 6.15. The van der Waals surface area contributed by atoms with Crippen molar-refractivity contribution in [2.24, 2.45) is 5.92 Å². The van der Waals surface area contributed by atoms with E-state index < -0.39 is 4.92 Å².